The van der Waals surface area contributed by atoms with Crippen LogP contribution < -0.4 is 20.1 Å². The number of ether oxygens (including phenoxy) is 2. The highest BCUT2D eigenvalue weighted by Gasteiger charge is 2.13. The number of para-hydroxylation sites is 1. The van der Waals surface area contributed by atoms with Crippen LogP contribution in [0.3, 0.4) is 0 Å². The van der Waals surface area contributed by atoms with Gasteiger partial charge < -0.3 is 14.8 Å². The molecule has 3 rings (SSSR count). The molecule has 3 aromatic rings. The molecule has 5 nitrogen and oxygen atoms in total. The number of carbonyl (C=O) groups excluding carboxylic acids is 1. The second-order valence-corrected chi connectivity index (χ2v) is 7.63. The van der Waals surface area contributed by atoms with Crippen LogP contribution >= 0.6 is 12.2 Å². The summed E-state index contributed by atoms with van der Waals surface area (Å²) in [6.07, 6.45) is 2.78. The van der Waals surface area contributed by atoms with Crippen molar-refractivity contribution in [2.45, 2.75) is 26.2 Å². The Bertz CT molecular complexity index is 1020. The smallest absolute Gasteiger partial charge is 0.261 e. The highest BCUT2D eigenvalue weighted by molar-refractivity contribution is 7.80. The van der Waals surface area contributed by atoms with Gasteiger partial charge in [0.25, 0.3) is 5.91 Å². The molecule has 0 bridgehead atoms. The Morgan fingerprint density at radius 3 is 2.50 bits per heavy atom. The van der Waals surface area contributed by atoms with Crippen molar-refractivity contribution in [3.63, 3.8) is 0 Å². The molecule has 32 heavy (non-hydrogen) atoms. The number of thiocarbonyl (C=S) groups is 1. The van der Waals surface area contributed by atoms with Crippen LogP contribution in [0.1, 0.15) is 35.7 Å². The predicted octanol–water partition coefficient (Wildman–Crippen LogP) is 5.61. The van der Waals surface area contributed by atoms with Crippen molar-refractivity contribution in [3.05, 3.63) is 90.0 Å². The number of hydrogen-bond acceptors (Lipinski definition) is 4. The van der Waals surface area contributed by atoms with E-state index in [2.05, 4.69) is 29.7 Å². The van der Waals surface area contributed by atoms with Crippen LogP contribution in [-0.2, 0) is 6.42 Å². The maximum atomic E-state index is 12.7. The molecule has 0 aliphatic carbocycles. The fourth-order valence-corrected chi connectivity index (χ4v) is 3.24. The van der Waals surface area contributed by atoms with Gasteiger partial charge in [-0.25, -0.2) is 0 Å². The maximum absolute atomic E-state index is 12.7. The van der Waals surface area contributed by atoms with Crippen LogP contribution in [0.4, 0.5) is 5.69 Å². The molecule has 0 fully saturated rings. The lowest BCUT2D eigenvalue weighted by Crippen LogP contribution is -2.34. The highest BCUT2D eigenvalue weighted by atomic mass is 32.1. The van der Waals surface area contributed by atoms with E-state index in [0.29, 0.717) is 24.5 Å². The number of hydrogen-bond donors (Lipinski definition) is 2. The number of anilines is 1. The first-order chi connectivity index (χ1) is 15.7. The van der Waals surface area contributed by atoms with Crippen molar-refractivity contribution in [1.29, 1.82) is 0 Å². The number of nitrogens with one attached hydrogen (secondary N) is 2. The summed E-state index contributed by atoms with van der Waals surface area (Å²) in [5.74, 6) is 0.967. The summed E-state index contributed by atoms with van der Waals surface area (Å²) in [6, 6.07) is 24.8. The van der Waals surface area contributed by atoms with Gasteiger partial charge in [-0.3, -0.25) is 10.1 Å². The predicted molar refractivity (Wildman–Crippen MR) is 133 cm³/mol. The first-order valence-electron chi connectivity index (χ1n) is 10.8. The van der Waals surface area contributed by atoms with E-state index in [-0.39, 0.29) is 11.0 Å². The molecule has 0 aromatic heterocycles. The van der Waals surface area contributed by atoms with Gasteiger partial charge in [0.05, 0.1) is 18.8 Å². The van der Waals surface area contributed by atoms with Gasteiger partial charge >= 0.3 is 0 Å². The zero-order valence-electron chi connectivity index (χ0n) is 18.2. The maximum Gasteiger partial charge on any atom is 0.261 e. The molecule has 2 N–H and O–H groups in total. The number of carbonyl (C=O) groups is 1. The lowest BCUT2D eigenvalue weighted by atomic mass is 10.2. The number of amides is 1. The SMILES string of the molecule is CCCCOc1ccccc1C(=O)NC(=S)Nc1cccc(OCCc2ccccc2)c1. The Morgan fingerprint density at radius 1 is 0.906 bits per heavy atom. The summed E-state index contributed by atoms with van der Waals surface area (Å²) < 4.78 is 11.6. The van der Waals surface area contributed by atoms with Gasteiger partial charge in [-0.05, 0) is 48.5 Å². The summed E-state index contributed by atoms with van der Waals surface area (Å²) in [4.78, 5) is 12.7. The van der Waals surface area contributed by atoms with Gasteiger partial charge in [0, 0.05) is 18.2 Å². The van der Waals surface area contributed by atoms with Crippen LogP contribution in [0.2, 0.25) is 0 Å². The lowest BCUT2D eigenvalue weighted by molar-refractivity contribution is 0.0973. The van der Waals surface area contributed by atoms with Crippen molar-refractivity contribution < 1.29 is 14.3 Å². The second kappa shape index (κ2) is 12.5. The topological polar surface area (TPSA) is 59.6 Å². The van der Waals surface area contributed by atoms with E-state index in [1.165, 1.54) is 5.56 Å². The highest BCUT2D eigenvalue weighted by Crippen LogP contribution is 2.20. The van der Waals surface area contributed by atoms with Crippen molar-refractivity contribution >= 4 is 28.9 Å². The van der Waals surface area contributed by atoms with E-state index in [4.69, 9.17) is 21.7 Å². The average molecular weight is 449 g/mol. The Kier molecular flexibility index (Phi) is 9.07. The summed E-state index contributed by atoms with van der Waals surface area (Å²) in [7, 11) is 0. The minimum absolute atomic E-state index is 0.208. The van der Waals surface area contributed by atoms with Crippen molar-refractivity contribution in [1.82, 2.24) is 5.32 Å². The molecule has 0 saturated heterocycles. The third kappa shape index (κ3) is 7.39. The number of benzene rings is 3. The first-order valence-corrected chi connectivity index (χ1v) is 11.2. The molecule has 0 aliphatic rings. The number of rotatable bonds is 10. The molecule has 0 heterocycles. The summed E-state index contributed by atoms with van der Waals surface area (Å²) in [5.41, 5.74) is 2.41. The van der Waals surface area contributed by atoms with Gasteiger partial charge in [-0.1, -0.05) is 61.9 Å². The van der Waals surface area contributed by atoms with Crippen LogP contribution in [0.25, 0.3) is 0 Å². The molecule has 0 saturated carbocycles. The quantitative estimate of drug-likeness (QED) is 0.312. The normalized spacial score (nSPS) is 10.3. The zero-order chi connectivity index (χ0) is 22.6. The molecular weight excluding hydrogens is 420 g/mol. The molecule has 0 spiro atoms. The summed E-state index contributed by atoms with van der Waals surface area (Å²) in [6.45, 7) is 3.24. The fourth-order valence-electron chi connectivity index (χ4n) is 3.03. The molecule has 6 heteroatoms. The fraction of sp³-hybridized carbons (Fsp3) is 0.231. The molecule has 3 aromatic carbocycles. The van der Waals surface area contributed by atoms with Gasteiger partial charge in [0.15, 0.2) is 5.11 Å². The van der Waals surface area contributed by atoms with E-state index < -0.39 is 0 Å². The molecule has 0 atom stereocenters. The minimum Gasteiger partial charge on any atom is -0.493 e. The van der Waals surface area contributed by atoms with Crippen molar-refractivity contribution in [2.75, 3.05) is 18.5 Å². The minimum atomic E-state index is -0.315. The van der Waals surface area contributed by atoms with E-state index in [0.717, 1.165) is 30.7 Å². The average Bonchev–Trinajstić information content (AvgIpc) is 2.80. The lowest BCUT2D eigenvalue weighted by Gasteiger charge is -2.13. The largest absolute Gasteiger partial charge is 0.493 e. The van der Waals surface area contributed by atoms with E-state index in [1.54, 1.807) is 18.2 Å². The van der Waals surface area contributed by atoms with Gasteiger partial charge in [0.1, 0.15) is 11.5 Å². The van der Waals surface area contributed by atoms with E-state index >= 15 is 0 Å². The third-order valence-electron chi connectivity index (χ3n) is 4.71. The Labute approximate surface area is 194 Å². The second-order valence-electron chi connectivity index (χ2n) is 7.22. The van der Waals surface area contributed by atoms with Crippen molar-refractivity contribution in [2.24, 2.45) is 0 Å². The molecule has 166 valence electrons. The molecular formula is C26H28N2O3S. The summed E-state index contributed by atoms with van der Waals surface area (Å²) >= 11 is 5.33. The molecule has 1 amide bonds. The van der Waals surface area contributed by atoms with E-state index in [9.17, 15) is 4.79 Å². The molecule has 0 radical (unpaired) electrons. The Balaban J connectivity index is 1.52. The van der Waals surface area contributed by atoms with E-state index in [1.807, 2.05) is 48.5 Å². The molecule has 0 unspecified atom stereocenters. The van der Waals surface area contributed by atoms with Crippen LogP contribution in [0, 0.1) is 0 Å². The van der Waals surface area contributed by atoms with Crippen LogP contribution in [-0.4, -0.2) is 24.2 Å². The monoisotopic (exact) mass is 448 g/mol. The van der Waals surface area contributed by atoms with Gasteiger partial charge in [-0.15, -0.1) is 0 Å². The molecule has 0 aliphatic heterocycles. The van der Waals surface area contributed by atoms with Gasteiger partial charge in [0.2, 0.25) is 0 Å². The van der Waals surface area contributed by atoms with Crippen LogP contribution in [0.5, 0.6) is 11.5 Å². The van der Waals surface area contributed by atoms with Crippen molar-refractivity contribution in [3.8, 4) is 11.5 Å². The third-order valence-corrected chi connectivity index (χ3v) is 4.91. The van der Waals surface area contributed by atoms with Gasteiger partial charge in [-0.2, -0.15) is 0 Å². The summed E-state index contributed by atoms with van der Waals surface area (Å²) in [5, 5.41) is 5.97. The zero-order valence-corrected chi connectivity index (χ0v) is 19.0. The Hall–Kier alpha value is -3.38. The van der Waals surface area contributed by atoms with Crippen LogP contribution in [0.15, 0.2) is 78.9 Å². The Morgan fingerprint density at radius 2 is 1.69 bits per heavy atom. The first kappa shape index (κ1) is 23.3. The standard InChI is InChI=1S/C26H28N2O3S/c1-2-3-17-31-24-15-8-7-14-23(24)25(29)28-26(32)27-21-12-9-13-22(19-21)30-18-16-20-10-5-4-6-11-20/h4-15,19H,2-3,16-18H2,1H3,(H2,27,28,29,32). The number of unbranched alkanes of at least 4 members (excludes halogenated alkanes) is 1.